The van der Waals surface area contributed by atoms with E-state index in [1.165, 1.54) is 23.5 Å². The van der Waals surface area contributed by atoms with Gasteiger partial charge in [-0.05, 0) is 30.7 Å². The molecule has 108 valence electrons. The highest BCUT2D eigenvalue weighted by atomic mass is 32.1. The van der Waals surface area contributed by atoms with Crippen LogP contribution in [0.5, 0.6) is 5.75 Å². The van der Waals surface area contributed by atoms with E-state index < -0.39 is 0 Å². The lowest BCUT2D eigenvalue weighted by Gasteiger charge is -2.05. The molecule has 0 radical (unpaired) electrons. The molecule has 0 bridgehead atoms. The van der Waals surface area contributed by atoms with Crippen LogP contribution < -0.4 is 5.32 Å². The lowest BCUT2D eigenvalue weighted by molar-refractivity contribution is 0.102. The van der Waals surface area contributed by atoms with E-state index in [4.69, 9.17) is 5.11 Å². The monoisotopic (exact) mass is 302 g/mol. The molecule has 21 heavy (non-hydrogen) atoms. The first kappa shape index (κ1) is 15.0. The number of aromatic nitrogens is 1. The highest BCUT2D eigenvalue weighted by Crippen LogP contribution is 2.20. The molecule has 0 atom stereocenters. The van der Waals surface area contributed by atoms with Crippen molar-refractivity contribution in [3.63, 3.8) is 0 Å². The number of nitrogens with zero attached hydrogens (tertiary/aromatic N) is 1. The summed E-state index contributed by atoms with van der Waals surface area (Å²) >= 11 is 1.27. The van der Waals surface area contributed by atoms with Crippen molar-refractivity contribution < 1.29 is 15.0 Å². The van der Waals surface area contributed by atoms with E-state index in [-0.39, 0.29) is 18.3 Å². The number of hydrogen-bond acceptors (Lipinski definition) is 5. The number of benzene rings is 1. The summed E-state index contributed by atoms with van der Waals surface area (Å²) in [7, 11) is 0. The quantitative estimate of drug-likeness (QED) is 0.759. The fraction of sp³-hybridized carbons (Fsp3) is 0.200. The standard InChI is InChI=1S/C15H14N2O3S/c1-10-8-11(19)5-6-13(10)14(20)17-15-16-9-12(21-15)4-2-3-7-18/h5-6,8-9,18-19H,3,7H2,1H3,(H,16,17,20). The average Bonchev–Trinajstić information content (AvgIpc) is 2.86. The lowest BCUT2D eigenvalue weighted by atomic mass is 10.1. The molecular weight excluding hydrogens is 288 g/mol. The van der Waals surface area contributed by atoms with E-state index in [1.807, 2.05) is 0 Å². The zero-order valence-corrected chi connectivity index (χ0v) is 12.2. The molecule has 3 N–H and O–H groups in total. The molecule has 1 aromatic carbocycles. The average molecular weight is 302 g/mol. The summed E-state index contributed by atoms with van der Waals surface area (Å²) < 4.78 is 0. The van der Waals surface area contributed by atoms with Crippen LogP contribution in [0.15, 0.2) is 24.4 Å². The zero-order chi connectivity index (χ0) is 15.2. The van der Waals surface area contributed by atoms with Crippen molar-refractivity contribution in [2.45, 2.75) is 13.3 Å². The van der Waals surface area contributed by atoms with Crippen LogP contribution in [-0.4, -0.2) is 27.7 Å². The van der Waals surface area contributed by atoms with Gasteiger partial charge in [-0.25, -0.2) is 4.98 Å². The molecule has 0 aliphatic carbocycles. The first-order valence-electron chi connectivity index (χ1n) is 6.26. The molecule has 1 aromatic heterocycles. The number of hydrogen-bond donors (Lipinski definition) is 3. The number of aryl methyl sites for hydroxylation is 1. The predicted octanol–water partition coefficient (Wildman–Crippen LogP) is 2.14. The number of carbonyl (C=O) groups excluding carboxylic acids is 1. The van der Waals surface area contributed by atoms with Gasteiger partial charge in [0.2, 0.25) is 0 Å². The van der Waals surface area contributed by atoms with Crippen molar-refractivity contribution >= 4 is 22.4 Å². The minimum Gasteiger partial charge on any atom is -0.508 e. The van der Waals surface area contributed by atoms with E-state index in [2.05, 4.69) is 22.1 Å². The summed E-state index contributed by atoms with van der Waals surface area (Å²) in [5, 5.41) is 21.1. The Morgan fingerprint density at radius 3 is 3.00 bits per heavy atom. The number of rotatable bonds is 3. The molecule has 0 saturated carbocycles. The molecule has 2 rings (SSSR count). The summed E-state index contributed by atoms with van der Waals surface area (Å²) in [5.41, 5.74) is 1.17. The van der Waals surface area contributed by atoms with Crippen LogP contribution in [0.25, 0.3) is 0 Å². The van der Waals surface area contributed by atoms with Crippen molar-refractivity contribution in [2.75, 3.05) is 11.9 Å². The van der Waals surface area contributed by atoms with Crippen LogP contribution in [0.3, 0.4) is 0 Å². The summed E-state index contributed by atoms with van der Waals surface area (Å²) in [6, 6.07) is 4.56. The third-order valence-electron chi connectivity index (χ3n) is 2.63. The maximum atomic E-state index is 12.1. The van der Waals surface area contributed by atoms with Gasteiger partial charge >= 0.3 is 0 Å². The number of phenols is 1. The molecule has 2 aromatic rings. The van der Waals surface area contributed by atoms with Crippen molar-refractivity contribution in [1.29, 1.82) is 0 Å². The Kier molecular flexibility index (Phi) is 4.93. The number of nitrogens with one attached hydrogen (secondary N) is 1. The largest absolute Gasteiger partial charge is 0.508 e. The van der Waals surface area contributed by atoms with Crippen LogP contribution in [0.1, 0.15) is 27.2 Å². The number of amides is 1. The number of thiazole rings is 1. The Morgan fingerprint density at radius 1 is 1.48 bits per heavy atom. The molecule has 0 aliphatic rings. The van der Waals surface area contributed by atoms with Crippen molar-refractivity contribution in [3.8, 4) is 17.6 Å². The Balaban J connectivity index is 2.08. The van der Waals surface area contributed by atoms with Gasteiger partial charge in [0.25, 0.3) is 5.91 Å². The first-order valence-corrected chi connectivity index (χ1v) is 7.08. The van der Waals surface area contributed by atoms with Crippen molar-refractivity contribution in [2.24, 2.45) is 0 Å². The Labute approximate surface area is 126 Å². The molecule has 0 fully saturated rings. The van der Waals surface area contributed by atoms with Crippen LogP contribution in [0.2, 0.25) is 0 Å². The van der Waals surface area contributed by atoms with Gasteiger partial charge in [0.1, 0.15) is 5.75 Å². The number of phenolic OH excluding ortho intramolecular Hbond substituents is 1. The SMILES string of the molecule is Cc1cc(O)ccc1C(=O)Nc1ncc(C#CCCO)s1. The van der Waals surface area contributed by atoms with Crippen LogP contribution in [0.4, 0.5) is 5.13 Å². The van der Waals surface area contributed by atoms with E-state index in [0.29, 0.717) is 22.7 Å². The van der Waals surface area contributed by atoms with Crippen LogP contribution in [0, 0.1) is 18.8 Å². The molecule has 1 heterocycles. The van der Waals surface area contributed by atoms with Gasteiger partial charge in [-0.15, -0.1) is 0 Å². The first-order chi connectivity index (χ1) is 10.1. The highest BCUT2D eigenvalue weighted by Gasteiger charge is 2.11. The molecule has 0 aliphatic heterocycles. The molecule has 1 amide bonds. The molecule has 0 saturated heterocycles. The van der Waals surface area contributed by atoms with E-state index in [9.17, 15) is 9.90 Å². The molecule has 0 unspecified atom stereocenters. The lowest BCUT2D eigenvalue weighted by Crippen LogP contribution is -2.12. The molecule has 0 spiro atoms. The second-order valence-electron chi connectivity index (χ2n) is 4.26. The molecule has 6 heteroatoms. The second-order valence-corrected chi connectivity index (χ2v) is 5.29. The third-order valence-corrected chi connectivity index (χ3v) is 3.46. The van der Waals surface area contributed by atoms with Crippen molar-refractivity contribution in [1.82, 2.24) is 4.98 Å². The van der Waals surface area contributed by atoms with Crippen LogP contribution >= 0.6 is 11.3 Å². The maximum Gasteiger partial charge on any atom is 0.257 e. The van der Waals surface area contributed by atoms with E-state index >= 15 is 0 Å². The summed E-state index contributed by atoms with van der Waals surface area (Å²) in [6.45, 7) is 1.78. The van der Waals surface area contributed by atoms with Gasteiger partial charge in [0.05, 0.1) is 17.7 Å². The van der Waals surface area contributed by atoms with Crippen LogP contribution in [-0.2, 0) is 0 Å². The van der Waals surface area contributed by atoms with Crippen molar-refractivity contribution in [3.05, 3.63) is 40.4 Å². The maximum absolute atomic E-state index is 12.1. The Bertz CT molecular complexity index is 713. The number of aromatic hydroxyl groups is 1. The molecule has 5 nitrogen and oxygen atoms in total. The van der Waals surface area contributed by atoms with Gasteiger partial charge in [-0.3, -0.25) is 10.1 Å². The highest BCUT2D eigenvalue weighted by molar-refractivity contribution is 7.16. The topological polar surface area (TPSA) is 82.5 Å². The molecular formula is C15H14N2O3S. The Morgan fingerprint density at radius 2 is 2.29 bits per heavy atom. The van der Waals surface area contributed by atoms with Gasteiger partial charge in [-0.1, -0.05) is 23.2 Å². The predicted molar refractivity (Wildman–Crippen MR) is 81.5 cm³/mol. The Hall–Kier alpha value is -2.36. The fourth-order valence-corrected chi connectivity index (χ4v) is 2.35. The zero-order valence-electron chi connectivity index (χ0n) is 11.4. The number of aliphatic hydroxyl groups excluding tert-OH is 1. The van der Waals surface area contributed by atoms with Gasteiger partial charge in [-0.2, -0.15) is 0 Å². The summed E-state index contributed by atoms with van der Waals surface area (Å²) in [4.78, 5) is 16.9. The second kappa shape index (κ2) is 6.88. The minimum absolute atomic E-state index is 0.0233. The number of anilines is 1. The smallest absolute Gasteiger partial charge is 0.257 e. The fourth-order valence-electron chi connectivity index (χ4n) is 1.66. The van der Waals surface area contributed by atoms with Gasteiger partial charge in [0.15, 0.2) is 5.13 Å². The van der Waals surface area contributed by atoms with E-state index in [0.717, 1.165) is 4.88 Å². The third kappa shape index (κ3) is 4.05. The normalized spacial score (nSPS) is 9.81. The number of aliphatic hydroxyl groups is 1. The van der Waals surface area contributed by atoms with E-state index in [1.54, 1.807) is 19.2 Å². The van der Waals surface area contributed by atoms with Gasteiger partial charge in [0, 0.05) is 12.0 Å². The minimum atomic E-state index is -0.281. The van der Waals surface area contributed by atoms with Gasteiger partial charge < -0.3 is 10.2 Å². The summed E-state index contributed by atoms with van der Waals surface area (Å²) in [6.07, 6.45) is 1.99. The summed E-state index contributed by atoms with van der Waals surface area (Å²) in [5.74, 6) is 5.50. The number of carbonyl (C=O) groups is 1.